The summed E-state index contributed by atoms with van der Waals surface area (Å²) in [5.74, 6) is 0.304. The summed E-state index contributed by atoms with van der Waals surface area (Å²) in [5.41, 5.74) is 1.89. The van der Waals surface area contributed by atoms with Gasteiger partial charge < -0.3 is 5.32 Å². The summed E-state index contributed by atoms with van der Waals surface area (Å²) < 4.78 is 0. The van der Waals surface area contributed by atoms with Crippen molar-refractivity contribution in [2.24, 2.45) is 0 Å². The Morgan fingerprint density at radius 3 is 2.52 bits per heavy atom. The minimum Gasteiger partial charge on any atom is -0.344 e. The zero-order valence-electron chi connectivity index (χ0n) is 12.9. The molecule has 0 fully saturated rings. The van der Waals surface area contributed by atoms with Crippen LogP contribution in [0.3, 0.4) is 0 Å². The number of rotatable bonds is 5. The van der Waals surface area contributed by atoms with Crippen LogP contribution in [0.5, 0.6) is 0 Å². The fourth-order valence-electron chi connectivity index (χ4n) is 2.12. The van der Waals surface area contributed by atoms with Crippen LogP contribution < -0.4 is 5.32 Å². The molecule has 0 saturated heterocycles. The number of amides is 1. The maximum atomic E-state index is 12.5. The van der Waals surface area contributed by atoms with E-state index in [4.69, 9.17) is 0 Å². The number of hydrogen-bond donors (Lipinski definition) is 1. The van der Waals surface area contributed by atoms with Crippen LogP contribution in [0.1, 0.15) is 65.1 Å². The lowest BCUT2D eigenvalue weighted by molar-refractivity contribution is 0.0939. The van der Waals surface area contributed by atoms with Gasteiger partial charge in [-0.15, -0.1) is 11.3 Å². The lowest BCUT2D eigenvalue weighted by Crippen LogP contribution is -2.28. The molecule has 0 aliphatic carbocycles. The van der Waals surface area contributed by atoms with E-state index >= 15 is 0 Å². The van der Waals surface area contributed by atoms with Gasteiger partial charge in [0.2, 0.25) is 0 Å². The van der Waals surface area contributed by atoms with E-state index in [2.05, 4.69) is 36.1 Å². The largest absolute Gasteiger partial charge is 0.344 e. The number of aromatic nitrogens is 2. The fraction of sp³-hybridized carbons (Fsp3) is 0.438. The summed E-state index contributed by atoms with van der Waals surface area (Å²) in [5, 5.41) is 4.10. The van der Waals surface area contributed by atoms with Crippen molar-refractivity contribution < 1.29 is 4.79 Å². The van der Waals surface area contributed by atoms with Crippen molar-refractivity contribution in [1.29, 1.82) is 0 Å². The second-order valence-electron chi connectivity index (χ2n) is 5.34. The van der Waals surface area contributed by atoms with Crippen molar-refractivity contribution in [2.75, 3.05) is 0 Å². The van der Waals surface area contributed by atoms with Crippen LogP contribution in [0.15, 0.2) is 24.5 Å². The zero-order chi connectivity index (χ0) is 15.4. The highest BCUT2D eigenvalue weighted by Gasteiger charge is 2.19. The van der Waals surface area contributed by atoms with Crippen molar-refractivity contribution >= 4 is 17.2 Å². The van der Waals surface area contributed by atoms with E-state index in [1.807, 2.05) is 19.1 Å². The summed E-state index contributed by atoms with van der Waals surface area (Å²) in [4.78, 5) is 21.7. The molecule has 2 aromatic rings. The van der Waals surface area contributed by atoms with E-state index in [1.165, 1.54) is 11.3 Å². The lowest BCUT2D eigenvalue weighted by Gasteiger charge is -2.16. The Hall–Kier alpha value is -1.75. The van der Waals surface area contributed by atoms with E-state index in [0.717, 1.165) is 22.7 Å². The highest BCUT2D eigenvalue weighted by Crippen LogP contribution is 2.25. The Bertz CT molecular complexity index is 607. The van der Waals surface area contributed by atoms with Crippen molar-refractivity contribution in [2.45, 2.75) is 46.1 Å². The summed E-state index contributed by atoms with van der Waals surface area (Å²) in [6, 6.07) is 3.88. The van der Waals surface area contributed by atoms with Gasteiger partial charge in [0.05, 0.1) is 16.7 Å². The molecule has 0 spiro atoms. The molecule has 0 aliphatic rings. The number of nitrogens with zero attached hydrogens (tertiary/aromatic N) is 2. The number of thiazole rings is 1. The van der Waals surface area contributed by atoms with Gasteiger partial charge in [-0.25, -0.2) is 4.98 Å². The fourth-order valence-corrected chi connectivity index (χ4v) is 3.09. The molecule has 0 radical (unpaired) electrons. The highest BCUT2D eigenvalue weighted by atomic mass is 32.1. The van der Waals surface area contributed by atoms with Crippen molar-refractivity contribution in [1.82, 2.24) is 15.3 Å². The van der Waals surface area contributed by atoms with Crippen LogP contribution in [0, 0.1) is 6.92 Å². The number of aryl methyl sites for hydroxylation is 1. The first kappa shape index (κ1) is 15.6. The summed E-state index contributed by atoms with van der Waals surface area (Å²) in [6.45, 7) is 8.13. The minimum atomic E-state index is -0.0411. The number of pyridine rings is 1. The average molecular weight is 303 g/mol. The topological polar surface area (TPSA) is 54.9 Å². The van der Waals surface area contributed by atoms with Crippen LogP contribution in [-0.2, 0) is 0 Å². The molecule has 2 heterocycles. The van der Waals surface area contributed by atoms with Gasteiger partial charge in [-0.1, -0.05) is 20.8 Å². The molecule has 0 aromatic carbocycles. The number of hydrogen-bond acceptors (Lipinski definition) is 4. The van der Waals surface area contributed by atoms with Gasteiger partial charge in [0.1, 0.15) is 4.88 Å². The first-order chi connectivity index (χ1) is 10.0. The van der Waals surface area contributed by atoms with E-state index in [1.54, 1.807) is 12.4 Å². The maximum absolute atomic E-state index is 12.5. The molecule has 0 saturated carbocycles. The Kier molecular flexibility index (Phi) is 5.07. The number of nitrogens with one attached hydrogen (secondary N) is 1. The standard InChI is InChI=1S/C16H21N3OS/c1-5-13(12-6-8-17-9-7-12)19-15(20)14-11(4)18-16(21-14)10(2)3/h6-10,13H,5H2,1-4H3,(H,19,20)/t13-/m1/s1. The molecule has 21 heavy (non-hydrogen) atoms. The molecular weight excluding hydrogens is 282 g/mol. The highest BCUT2D eigenvalue weighted by molar-refractivity contribution is 7.13. The molecule has 1 N–H and O–H groups in total. The average Bonchev–Trinajstić information content (AvgIpc) is 2.88. The summed E-state index contributed by atoms with van der Waals surface area (Å²) in [6.07, 6.45) is 4.34. The molecule has 2 aromatic heterocycles. The van der Waals surface area contributed by atoms with Gasteiger partial charge in [-0.05, 0) is 31.0 Å². The van der Waals surface area contributed by atoms with Crippen molar-refractivity contribution in [3.63, 3.8) is 0 Å². The van der Waals surface area contributed by atoms with Crippen LogP contribution >= 0.6 is 11.3 Å². The van der Waals surface area contributed by atoms with Gasteiger partial charge in [0, 0.05) is 18.3 Å². The summed E-state index contributed by atoms with van der Waals surface area (Å²) >= 11 is 1.49. The van der Waals surface area contributed by atoms with Gasteiger partial charge in [-0.3, -0.25) is 9.78 Å². The van der Waals surface area contributed by atoms with Crippen LogP contribution in [-0.4, -0.2) is 15.9 Å². The first-order valence-electron chi connectivity index (χ1n) is 7.21. The third kappa shape index (κ3) is 3.67. The molecule has 5 heteroatoms. The van der Waals surface area contributed by atoms with E-state index in [0.29, 0.717) is 10.8 Å². The quantitative estimate of drug-likeness (QED) is 0.912. The van der Waals surface area contributed by atoms with Crippen LogP contribution in [0.2, 0.25) is 0 Å². The molecule has 4 nitrogen and oxygen atoms in total. The van der Waals surface area contributed by atoms with Crippen molar-refractivity contribution in [3.05, 3.63) is 45.7 Å². The Labute approximate surface area is 129 Å². The second kappa shape index (κ2) is 6.80. The lowest BCUT2D eigenvalue weighted by atomic mass is 10.1. The number of carbonyl (C=O) groups excluding carboxylic acids is 1. The molecule has 0 aliphatic heterocycles. The van der Waals surface area contributed by atoms with E-state index < -0.39 is 0 Å². The Morgan fingerprint density at radius 1 is 1.33 bits per heavy atom. The van der Waals surface area contributed by atoms with Crippen LogP contribution in [0.25, 0.3) is 0 Å². The SMILES string of the molecule is CC[C@@H](NC(=O)c1sc(C(C)C)nc1C)c1ccncc1. The molecule has 0 unspecified atom stereocenters. The van der Waals surface area contributed by atoms with Crippen molar-refractivity contribution in [3.8, 4) is 0 Å². The third-order valence-corrected chi connectivity index (χ3v) is 4.79. The molecule has 2 rings (SSSR count). The maximum Gasteiger partial charge on any atom is 0.263 e. The molecule has 1 amide bonds. The van der Waals surface area contributed by atoms with Crippen LogP contribution in [0.4, 0.5) is 0 Å². The van der Waals surface area contributed by atoms with Gasteiger partial charge >= 0.3 is 0 Å². The van der Waals surface area contributed by atoms with Gasteiger partial charge in [0.25, 0.3) is 5.91 Å². The number of carbonyl (C=O) groups is 1. The van der Waals surface area contributed by atoms with Gasteiger partial charge in [-0.2, -0.15) is 0 Å². The predicted molar refractivity (Wildman–Crippen MR) is 85.7 cm³/mol. The Balaban J connectivity index is 2.17. The molecule has 1 atom stereocenters. The van der Waals surface area contributed by atoms with E-state index in [-0.39, 0.29) is 11.9 Å². The third-order valence-electron chi connectivity index (χ3n) is 3.34. The molecule has 112 valence electrons. The predicted octanol–water partition coefficient (Wildman–Crippen LogP) is 3.85. The second-order valence-corrected chi connectivity index (χ2v) is 6.37. The van der Waals surface area contributed by atoms with Gasteiger partial charge in [0.15, 0.2) is 0 Å². The first-order valence-corrected chi connectivity index (χ1v) is 8.02. The minimum absolute atomic E-state index is 0.00417. The van der Waals surface area contributed by atoms with E-state index in [9.17, 15) is 4.79 Å². The zero-order valence-corrected chi connectivity index (χ0v) is 13.7. The smallest absolute Gasteiger partial charge is 0.263 e. The normalized spacial score (nSPS) is 12.4. The Morgan fingerprint density at radius 2 is 2.00 bits per heavy atom. The molecule has 0 bridgehead atoms. The molecular formula is C16H21N3OS. The summed E-state index contributed by atoms with van der Waals surface area (Å²) in [7, 11) is 0. The monoisotopic (exact) mass is 303 g/mol.